The molecule has 0 atom stereocenters. The van der Waals surface area contributed by atoms with Gasteiger partial charge in [0.05, 0.1) is 6.21 Å². The molecule has 0 fully saturated rings. The molecule has 0 aliphatic carbocycles. The molecule has 7 heteroatoms. The van der Waals surface area contributed by atoms with Crippen molar-refractivity contribution in [1.29, 1.82) is 0 Å². The van der Waals surface area contributed by atoms with E-state index in [0.717, 1.165) is 11.1 Å². The second kappa shape index (κ2) is 6.70. The first-order valence-corrected chi connectivity index (χ1v) is 8.00. The number of anilines is 1. The average Bonchev–Trinajstić information content (AvgIpc) is 3.07. The summed E-state index contributed by atoms with van der Waals surface area (Å²) in [7, 11) is 0. The number of aromatic nitrogens is 4. The lowest BCUT2D eigenvalue weighted by Gasteiger charge is -2.02. The van der Waals surface area contributed by atoms with Gasteiger partial charge in [0.1, 0.15) is 0 Å². The molecule has 2 aromatic heterocycles. The number of halogens is 1. The second-order valence-corrected chi connectivity index (χ2v) is 5.74. The predicted molar refractivity (Wildman–Crippen MR) is 98.9 cm³/mol. The molecule has 0 saturated carbocycles. The normalized spacial score (nSPS) is 11.2. The Hall–Kier alpha value is -3.25. The summed E-state index contributed by atoms with van der Waals surface area (Å²) in [4.78, 5) is 0. The summed E-state index contributed by atoms with van der Waals surface area (Å²) in [5.74, 6) is 1.23. The maximum absolute atomic E-state index is 5.94. The Morgan fingerprint density at radius 3 is 2.52 bits per heavy atom. The van der Waals surface area contributed by atoms with Crippen LogP contribution >= 0.6 is 11.6 Å². The molecule has 0 radical (unpaired) electrons. The van der Waals surface area contributed by atoms with Gasteiger partial charge in [0.2, 0.25) is 0 Å². The van der Waals surface area contributed by atoms with Crippen molar-refractivity contribution in [1.82, 2.24) is 19.8 Å². The van der Waals surface area contributed by atoms with Gasteiger partial charge in [-0.2, -0.15) is 9.62 Å². The van der Waals surface area contributed by atoms with Crippen LogP contribution in [0.2, 0.25) is 5.02 Å². The number of nitrogens with one attached hydrogen (secondary N) is 1. The van der Waals surface area contributed by atoms with Crippen molar-refractivity contribution in [2.75, 3.05) is 5.43 Å². The molecule has 0 saturated heterocycles. The molecule has 4 aromatic rings. The van der Waals surface area contributed by atoms with Crippen molar-refractivity contribution in [3.8, 4) is 11.4 Å². The van der Waals surface area contributed by atoms with Gasteiger partial charge in [-0.05, 0) is 42.0 Å². The molecule has 25 heavy (non-hydrogen) atoms. The van der Waals surface area contributed by atoms with Crippen LogP contribution < -0.4 is 5.43 Å². The fraction of sp³-hybridized carbons (Fsp3) is 0. The van der Waals surface area contributed by atoms with Gasteiger partial charge in [0.25, 0.3) is 0 Å². The van der Waals surface area contributed by atoms with E-state index in [1.807, 2.05) is 60.7 Å². The quantitative estimate of drug-likeness (QED) is 0.449. The van der Waals surface area contributed by atoms with Gasteiger partial charge in [0, 0.05) is 10.6 Å². The van der Waals surface area contributed by atoms with Crippen LogP contribution in [-0.2, 0) is 0 Å². The van der Waals surface area contributed by atoms with Crippen LogP contribution in [-0.4, -0.2) is 26.0 Å². The van der Waals surface area contributed by atoms with Gasteiger partial charge in [-0.25, -0.2) is 0 Å². The maximum Gasteiger partial charge on any atom is 0.185 e. The fourth-order valence-electron chi connectivity index (χ4n) is 2.34. The minimum atomic E-state index is 0.592. The molecule has 0 bridgehead atoms. The number of hydrogen-bond acceptors (Lipinski definition) is 5. The summed E-state index contributed by atoms with van der Waals surface area (Å²) in [5.41, 5.74) is 5.46. The third-order valence-electron chi connectivity index (χ3n) is 3.56. The molecule has 0 aliphatic rings. The van der Waals surface area contributed by atoms with Crippen molar-refractivity contribution in [3.05, 3.63) is 77.3 Å². The zero-order valence-electron chi connectivity index (χ0n) is 13.0. The van der Waals surface area contributed by atoms with E-state index in [9.17, 15) is 0 Å². The van der Waals surface area contributed by atoms with E-state index in [2.05, 4.69) is 25.8 Å². The van der Waals surface area contributed by atoms with Crippen molar-refractivity contribution in [2.24, 2.45) is 5.10 Å². The van der Waals surface area contributed by atoms with Gasteiger partial charge >= 0.3 is 0 Å². The highest BCUT2D eigenvalue weighted by atomic mass is 35.5. The van der Waals surface area contributed by atoms with Crippen LogP contribution in [0.25, 0.3) is 17.0 Å². The van der Waals surface area contributed by atoms with E-state index >= 15 is 0 Å². The summed E-state index contributed by atoms with van der Waals surface area (Å²) in [6, 6.07) is 20.8. The number of benzene rings is 2. The molecule has 0 unspecified atom stereocenters. The second-order valence-electron chi connectivity index (χ2n) is 5.30. The van der Waals surface area contributed by atoms with Crippen LogP contribution in [0.1, 0.15) is 5.56 Å². The van der Waals surface area contributed by atoms with Gasteiger partial charge in [0.15, 0.2) is 17.3 Å². The van der Waals surface area contributed by atoms with E-state index in [4.69, 9.17) is 11.6 Å². The smallest absolute Gasteiger partial charge is 0.185 e. The highest BCUT2D eigenvalue weighted by molar-refractivity contribution is 6.30. The predicted octanol–water partition coefficient (Wildman–Crippen LogP) is 3.89. The van der Waals surface area contributed by atoms with Crippen LogP contribution in [0.15, 0.2) is 71.8 Å². The van der Waals surface area contributed by atoms with Crippen molar-refractivity contribution >= 4 is 29.3 Å². The molecule has 4 rings (SSSR count). The van der Waals surface area contributed by atoms with Gasteiger partial charge < -0.3 is 0 Å². The lowest BCUT2D eigenvalue weighted by atomic mass is 10.2. The lowest BCUT2D eigenvalue weighted by Crippen LogP contribution is -2.00. The Bertz CT molecular complexity index is 1020. The van der Waals surface area contributed by atoms with E-state index < -0.39 is 0 Å². The van der Waals surface area contributed by atoms with Gasteiger partial charge in [-0.3, -0.25) is 5.43 Å². The highest BCUT2D eigenvalue weighted by Crippen LogP contribution is 2.20. The van der Waals surface area contributed by atoms with Gasteiger partial charge in [-0.1, -0.05) is 41.9 Å². The monoisotopic (exact) mass is 348 g/mol. The Morgan fingerprint density at radius 2 is 1.72 bits per heavy atom. The van der Waals surface area contributed by atoms with Crippen LogP contribution in [0.4, 0.5) is 5.82 Å². The molecule has 0 amide bonds. The van der Waals surface area contributed by atoms with Crippen LogP contribution in [0.3, 0.4) is 0 Å². The molecule has 2 heterocycles. The van der Waals surface area contributed by atoms with Crippen molar-refractivity contribution < 1.29 is 0 Å². The summed E-state index contributed by atoms with van der Waals surface area (Å²) < 4.78 is 1.67. The average molecular weight is 349 g/mol. The van der Waals surface area contributed by atoms with Crippen molar-refractivity contribution in [3.63, 3.8) is 0 Å². The van der Waals surface area contributed by atoms with Gasteiger partial charge in [-0.15, -0.1) is 15.3 Å². The molecular weight excluding hydrogens is 336 g/mol. The minimum absolute atomic E-state index is 0.592. The van der Waals surface area contributed by atoms with E-state index in [-0.39, 0.29) is 0 Å². The Balaban J connectivity index is 1.62. The molecule has 2 aromatic carbocycles. The number of rotatable bonds is 4. The zero-order valence-corrected chi connectivity index (χ0v) is 13.8. The third kappa shape index (κ3) is 3.34. The molecule has 6 nitrogen and oxygen atoms in total. The van der Waals surface area contributed by atoms with E-state index in [1.54, 1.807) is 16.8 Å². The van der Waals surface area contributed by atoms with Crippen molar-refractivity contribution in [2.45, 2.75) is 0 Å². The number of nitrogens with zero attached hydrogens (tertiary/aromatic N) is 5. The number of fused-ring (bicyclic) bond motifs is 1. The molecule has 1 N–H and O–H groups in total. The Labute approximate surface area is 148 Å². The SMILES string of the molecule is Clc1ccc(-c2nnc3ccc(N/N=C/c4ccccc4)nn23)cc1. The highest BCUT2D eigenvalue weighted by Gasteiger charge is 2.09. The summed E-state index contributed by atoms with van der Waals surface area (Å²) in [6.45, 7) is 0. The topological polar surface area (TPSA) is 67.5 Å². The third-order valence-corrected chi connectivity index (χ3v) is 3.81. The molecule has 0 spiro atoms. The Morgan fingerprint density at radius 1 is 0.920 bits per heavy atom. The van der Waals surface area contributed by atoms with Crippen LogP contribution in [0, 0.1) is 0 Å². The first-order valence-electron chi connectivity index (χ1n) is 7.62. The molecular formula is C18H13ClN6. The first kappa shape index (κ1) is 15.3. The number of hydrogen-bond donors (Lipinski definition) is 1. The Kier molecular flexibility index (Phi) is 4.10. The summed E-state index contributed by atoms with van der Waals surface area (Å²) in [5, 5.41) is 17.7. The first-order chi connectivity index (χ1) is 12.3. The maximum atomic E-state index is 5.94. The molecule has 122 valence electrons. The standard InChI is InChI=1S/C18H13ClN6/c19-15-8-6-14(7-9-15)18-23-22-17-11-10-16(24-25(17)18)21-20-12-13-4-2-1-3-5-13/h1-12H,(H,21,24)/b20-12+. The van der Waals surface area contributed by atoms with E-state index in [1.165, 1.54) is 0 Å². The summed E-state index contributed by atoms with van der Waals surface area (Å²) >= 11 is 5.94. The number of hydrazone groups is 1. The van der Waals surface area contributed by atoms with Crippen LogP contribution in [0.5, 0.6) is 0 Å². The lowest BCUT2D eigenvalue weighted by molar-refractivity contribution is 0.934. The van der Waals surface area contributed by atoms with E-state index in [0.29, 0.717) is 22.3 Å². The minimum Gasteiger partial charge on any atom is -0.260 e. The largest absolute Gasteiger partial charge is 0.260 e. The fourth-order valence-corrected chi connectivity index (χ4v) is 2.47. The zero-order chi connectivity index (χ0) is 17.1. The molecule has 0 aliphatic heterocycles. The summed E-state index contributed by atoms with van der Waals surface area (Å²) in [6.07, 6.45) is 1.73.